The van der Waals surface area contributed by atoms with Gasteiger partial charge < -0.3 is 15.1 Å². The average molecular weight is 333 g/mol. The summed E-state index contributed by atoms with van der Waals surface area (Å²) >= 11 is 0. The summed E-state index contributed by atoms with van der Waals surface area (Å²) < 4.78 is 0. The molecule has 130 valence electrons. The maximum absolute atomic E-state index is 11.8. The fourth-order valence-electron chi connectivity index (χ4n) is 2.91. The van der Waals surface area contributed by atoms with Crippen LogP contribution in [0.5, 0.6) is 0 Å². The van der Waals surface area contributed by atoms with E-state index in [2.05, 4.69) is 25.3 Å². The topological polar surface area (TPSA) is 84.9 Å². The Kier molecular flexibility index (Phi) is 4.52. The predicted molar refractivity (Wildman–Crippen MR) is 89.9 cm³/mol. The molecule has 0 spiro atoms. The lowest BCUT2D eigenvalue weighted by Crippen LogP contribution is -2.62. The lowest BCUT2D eigenvalue weighted by atomic mass is 10.2. The number of piperazine rings is 1. The molecule has 2 saturated heterocycles. The monoisotopic (exact) mass is 333 g/mol. The minimum atomic E-state index is -0.330. The van der Waals surface area contributed by atoms with E-state index in [1.54, 1.807) is 0 Å². The van der Waals surface area contributed by atoms with Crippen LogP contribution in [0, 0.1) is 0 Å². The molecule has 2 aliphatic rings. The summed E-state index contributed by atoms with van der Waals surface area (Å²) in [4.78, 5) is 31.0. The van der Waals surface area contributed by atoms with Crippen molar-refractivity contribution in [3.05, 3.63) is 12.1 Å². The maximum atomic E-state index is 11.8. The van der Waals surface area contributed by atoms with Gasteiger partial charge in [0, 0.05) is 47.3 Å². The van der Waals surface area contributed by atoms with E-state index >= 15 is 0 Å². The third-order valence-corrected chi connectivity index (χ3v) is 4.51. The van der Waals surface area contributed by atoms with Gasteiger partial charge in [-0.2, -0.15) is 0 Å². The molecule has 2 aliphatic heterocycles. The van der Waals surface area contributed by atoms with Crippen molar-refractivity contribution in [2.45, 2.75) is 12.6 Å². The Bertz CT molecular complexity index is 593. The Morgan fingerprint density at radius 3 is 2.38 bits per heavy atom. The number of imide groups is 1. The molecule has 1 aromatic heterocycles. The minimum Gasteiger partial charge on any atom is -0.361 e. The number of nitrogens with one attached hydrogen (secondary N) is 1. The van der Waals surface area contributed by atoms with E-state index in [9.17, 15) is 9.59 Å². The van der Waals surface area contributed by atoms with Crippen molar-refractivity contribution in [2.24, 2.45) is 0 Å². The van der Waals surface area contributed by atoms with Gasteiger partial charge in [-0.3, -0.25) is 14.6 Å². The first-order valence-corrected chi connectivity index (χ1v) is 8.03. The molecule has 9 nitrogen and oxygen atoms in total. The van der Waals surface area contributed by atoms with Gasteiger partial charge in [0.1, 0.15) is 0 Å². The van der Waals surface area contributed by atoms with Crippen molar-refractivity contribution in [3.63, 3.8) is 0 Å². The first-order valence-electron chi connectivity index (χ1n) is 8.03. The van der Waals surface area contributed by atoms with Crippen molar-refractivity contribution >= 4 is 23.6 Å². The van der Waals surface area contributed by atoms with E-state index in [4.69, 9.17) is 0 Å². The van der Waals surface area contributed by atoms with E-state index in [1.165, 1.54) is 7.05 Å². The lowest BCUT2D eigenvalue weighted by Gasteiger charge is -2.41. The van der Waals surface area contributed by atoms with Crippen LogP contribution in [-0.4, -0.2) is 85.4 Å². The number of hydrogen-bond donors (Lipinski definition) is 1. The molecule has 0 saturated carbocycles. The normalized spacial score (nSPS) is 22.5. The van der Waals surface area contributed by atoms with Crippen LogP contribution in [0.25, 0.3) is 0 Å². The Morgan fingerprint density at radius 2 is 1.83 bits per heavy atom. The van der Waals surface area contributed by atoms with E-state index in [1.807, 2.05) is 31.1 Å². The average Bonchev–Trinajstić information content (AvgIpc) is 2.59. The van der Waals surface area contributed by atoms with Gasteiger partial charge in [0.25, 0.3) is 0 Å². The van der Waals surface area contributed by atoms with Gasteiger partial charge in [0.2, 0.25) is 5.91 Å². The van der Waals surface area contributed by atoms with Crippen molar-refractivity contribution < 1.29 is 9.59 Å². The summed E-state index contributed by atoms with van der Waals surface area (Å²) in [6, 6.07) is 3.59. The number of anilines is 2. The maximum Gasteiger partial charge on any atom is 0.325 e. The summed E-state index contributed by atoms with van der Waals surface area (Å²) in [5.74, 6) is 1.53. The van der Waals surface area contributed by atoms with Gasteiger partial charge in [-0.15, -0.1) is 10.2 Å². The van der Waals surface area contributed by atoms with Crippen molar-refractivity contribution in [1.82, 2.24) is 25.3 Å². The molecule has 1 N–H and O–H groups in total. The molecule has 1 aromatic rings. The summed E-state index contributed by atoms with van der Waals surface area (Å²) in [7, 11) is 5.36. The van der Waals surface area contributed by atoms with Crippen LogP contribution < -0.4 is 15.1 Å². The van der Waals surface area contributed by atoms with Crippen LogP contribution in [0.1, 0.15) is 6.42 Å². The van der Waals surface area contributed by atoms with Crippen molar-refractivity contribution in [2.75, 3.05) is 57.1 Å². The van der Waals surface area contributed by atoms with Gasteiger partial charge in [-0.25, -0.2) is 4.79 Å². The molecule has 3 rings (SSSR count). The fraction of sp³-hybridized carbons (Fsp3) is 0.600. The molecule has 3 amide bonds. The van der Waals surface area contributed by atoms with Crippen LogP contribution in [0.15, 0.2) is 12.1 Å². The predicted octanol–water partition coefficient (Wildman–Crippen LogP) is -0.438. The molecule has 9 heteroatoms. The van der Waals surface area contributed by atoms with Gasteiger partial charge in [-0.1, -0.05) is 0 Å². The van der Waals surface area contributed by atoms with Crippen molar-refractivity contribution in [3.8, 4) is 0 Å². The molecular formula is C15H23N7O2. The van der Waals surface area contributed by atoms with Gasteiger partial charge in [0.05, 0.1) is 12.6 Å². The summed E-state index contributed by atoms with van der Waals surface area (Å²) in [6.45, 7) is 3.09. The van der Waals surface area contributed by atoms with Gasteiger partial charge in [-0.05, 0) is 12.1 Å². The zero-order valence-electron chi connectivity index (χ0n) is 14.3. The zero-order valence-corrected chi connectivity index (χ0v) is 14.3. The summed E-state index contributed by atoms with van der Waals surface area (Å²) in [6.07, 6.45) is 0.102. The first kappa shape index (κ1) is 16.4. The molecule has 24 heavy (non-hydrogen) atoms. The molecule has 0 aliphatic carbocycles. The Labute approximate surface area is 141 Å². The van der Waals surface area contributed by atoms with E-state index in [0.717, 1.165) is 42.7 Å². The Balaban J connectivity index is 1.57. The van der Waals surface area contributed by atoms with E-state index in [-0.39, 0.29) is 18.1 Å². The van der Waals surface area contributed by atoms with E-state index in [0.29, 0.717) is 6.42 Å². The summed E-state index contributed by atoms with van der Waals surface area (Å²) in [5.41, 5.74) is 0. The standard InChI is InChI=1S/C15H23N7O2/c1-19(2)11-4-5-12(18-17-11)21-6-8-22(9-7-21)13-10-14(23)20(3)15(24)16-13/h4-5,13H,6-10H2,1-3H3,(H,16,24). The number of urea groups is 1. The highest BCUT2D eigenvalue weighted by atomic mass is 16.2. The minimum absolute atomic E-state index is 0.142. The molecule has 0 radical (unpaired) electrons. The second-order valence-corrected chi connectivity index (χ2v) is 6.29. The van der Waals surface area contributed by atoms with Crippen LogP contribution in [-0.2, 0) is 4.79 Å². The smallest absolute Gasteiger partial charge is 0.325 e. The number of aromatic nitrogens is 2. The SMILES string of the molecule is CN1C(=O)CC(N2CCN(c3ccc(N(C)C)nn3)CC2)NC1=O. The molecule has 2 fully saturated rings. The largest absolute Gasteiger partial charge is 0.361 e. The highest BCUT2D eigenvalue weighted by Crippen LogP contribution is 2.18. The van der Waals surface area contributed by atoms with Gasteiger partial charge in [0.15, 0.2) is 11.6 Å². The van der Waals surface area contributed by atoms with E-state index < -0.39 is 0 Å². The van der Waals surface area contributed by atoms with Gasteiger partial charge >= 0.3 is 6.03 Å². The van der Waals surface area contributed by atoms with Crippen LogP contribution in [0.3, 0.4) is 0 Å². The molecule has 1 atom stereocenters. The number of hydrogen-bond acceptors (Lipinski definition) is 7. The number of carbonyl (C=O) groups is 2. The molecule has 0 aromatic carbocycles. The molecular weight excluding hydrogens is 310 g/mol. The quantitative estimate of drug-likeness (QED) is 0.803. The van der Waals surface area contributed by atoms with Crippen molar-refractivity contribution in [1.29, 1.82) is 0 Å². The third kappa shape index (κ3) is 3.25. The summed E-state index contributed by atoms with van der Waals surface area (Å²) in [5, 5.41) is 11.4. The van der Waals surface area contributed by atoms with Crippen LogP contribution in [0.2, 0.25) is 0 Å². The molecule has 3 heterocycles. The number of rotatable bonds is 3. The first-order chi connectivity index (χ1) is 11.5. The number of amides is 3. The third-order valence-electron chi connectivity index (χ3n) is 4.51. The molecule has 0 bridgehead atoms. The lowest BCUT2D eigenvalue weighted by molar-refractivity contribution is -0.130. The Morgan fingerprint density at radius 1 is 1.12 bits per heavy atom. The Hall–Kier alpha value is -2.42. The van der Waals surface area contributed by atoms with Crippen LogP contribution in [0.4, 0.5) is 16.4 Å². The second kappa shape index (κ2) is 6.60. The second-order valence-electron chi connectivity index (χ2n) is 6.29. The highest BCUT2D eigenvalue weighted by molar-refractivity contribution is 5.96. The fourth-order valence-corrected chi connectivity index (χ4v) is 2.91. The highest BCUT2D eigenvalue weighted by Gasteiger charge is 2.34. The zero-order chi connectivity index (χ0) is 17.3. The number of nitrogens with zero attached hydrogens (tertiary/aromatic N) is 6. The molecule has 1 unspecified atom stereocenters. The number of carbonyl (C=O) groups excluding carboxylic acids is 2. The van der Waals surface area contributed by atoms with Crippen LogP contribution >= 0.6 is 0 Å².